The molecular weight excluding hydrogens is 475 g/mol. The largest absolute Gasteiger partial charge is 0.488 e. The van der Waals surface area contributed by atoms with E-state index in [4.69, 9.17) is 27.9 Å². The zero-order valence-corrected chi connectivity index (χ0v) is 18.0. The molecule has 0 unspecified atom stereocenters. The predicted molar refractivity (Wildman–Crippen MR) is 118 cm³/mol. The molecule has 0 heterocycles. The lowest BCUT2D eigenvalue weighted by Crippen LogP contribution is -2.02. The van der Waals surface area contributed by atoms with E-state index in [1.807, 2.05) is 6.07 Å². The lowest BCUT2D eigenvalue weighted by molar-refractivity contribution is 0.0990. The Bertz CT molecular complexity index is 1150. The van der Waals surface area contributed by atoms with Gasteiger partial charge in [0.1, 0.15) is 12.4 Å². The third kappa shape index (κ3) is 4.01. The summed E-state index contributed by atoms with van der Waals surface area (Å²) in [6.45, 7) is 0.218. The Morgan fingerprint density at radius 1 is 0.897 bits per heavy atom. The summed E-state index contributed by atoms with van der Waals surface area (Å²) in [6.07, 6.45) is 1.58. The van der Waals surface area contributed by atoms with Gasteiger partial charge in [-0.2, -0.15) is 0 Å². The third-order valence-corrected chi connectivity index (χ3v) is 5.66. The average Bonchev–Trinajstić information content (AvgIpc) is 2.94. The van der Waals surface area contributed by atoms with Gasteiger partial charge < -0.3 is 4.74 Å². The highest BCUT2D eigenvalue weighted by atomic mass is 79.9. The molecule has 0 atom stereocenters. The van der Waals surface area contributed by atoms with Crippen molar-refractivity contribution in [3.05, 3.63) is 103 Å². The van der Waals surface area contributed by atoms with Gasteiger partial charge in [0.2, 0.25) is 0 Å². The zero-order valence-electron chi connectivity index (χ0n) is 14.9. The van der Waals surface area contributed by atoms with Crippen molar-refractivity contribution in [3.8, 4) is 5.75 Å². The lowest BCUT2D eigenvalue weighted by Gasteiger charge is -2.11. The fourth-order valence-electron chi connectivity index (χ4n) is 3.12. The highest BCUT2D eigenvalue weighted by Crippen LogP contribution is 2.32. The van der Waals surface area contributed by atoms with Crippen LogP contribution >= 0.6 is 39.1 Å². The van der Waals surface area contributed by atoms with Gasteiger partial charge in [-0.05, 0) is 36.4 Å². The van der Waals surface area contributed by atoms with Crippen LogP contribution in [0.1, 0.15) is 31.8 Å². The molecule has 0 aliphatic heterocycles. The van der Waals surface area contributed by atoms with Crippen LogP contribution in [-0.2, 0) is 6.61 Å². The first kappa shape index (κ1) is 19.9. The van der Waals surface area contributed by atoms with E-state index >= 15 is 0 Å². The van der Waals surface area contributed by atoms with Crippen molar-refractivity contribution in [2.45, 2.75) is 6.61 Å². The first-order valence-electron chi connectivity index (χ1n) is 8.70. The summed E-state index contributed by atoms with van der Waals surface area (Å²) in [4.78, 5) is 25.4. The van der Waals surface area contributed by atoms with E-state index in [0.29, 0.717) is 32.5 Å². The highest BCUT2D eigenvalue weighted by molar-refractivity contribution is 9.10. The Hall–Kier alpha value is -2.40. The maximum absolute atomic E-state index is 12.7. The van der Waals surface area contributed by atoms with Crippen LogP contribution in [0.5, 0.6) is 5.75 Å². The number of ketones is 2. The molecule has 0 spiro atoms. The van der Waals surface area contributed by atoms with Crippen LogP contribution in [0.4, 0.5) is 0 Å². The standard InChI is InChI=1S/C23H13BrCl2O3/c24-15-6-8-21(29-12-13-5-7-16(25)11-20(13)26)14(9-15)10-19-22(27)17-3-1-2-4-18(17)23(19)28/h1-11H,12H2. The molecule has 0 radical (unpaired) electrons. The molecule has 4 rings (SSSR count). The van der Waals surface area contributed by atoms with Gasteiger partial charge >= 0.3 is 0 Å². The minimum absolute atomic E-state index is 0.124. The number of hydrogen-bond acceptors (Lipinski definition) is 3. The molecule has 29 heavy (non-hydrogen) atoms. The van der Waals surface area contributed by atoms with E-state index < -0.39 is 0 Å². The second kappa shape index (κ2) is 8.15. The summed E-state index contributed by atoms with van der Waals surface area (Å²) < 4.78 is 6.74. The Morgan fingerprint density at radius 2 is 1.59 bits per heavy atom. The number of hydrogen-bond donors (Lipinski definition) is 0. The van der Waals surface area contributed by atoms with Crippen LogP contribution in [0.3, 0.4) is 0 Å². The predicted octanol–water partition coefficient (Wildman–Crippen LogP) is 6.80. The Kier molecular flexibility index (Phi) is 5.59. The van der Waals surface area contributed by atoms with Crippen molar-refractivity contribution in [3.63, 3.8) is 0 Å². The topological polar surface area (TPSA) is 43.4 Å². The van der Waals surface area contributed by atoms with E-state index in [1.165, 1.54) is 0 Å². The first-order valence-corrected chi connectivity index (χ1v) is 10.3. The maximum Gasteiger partial charge on any atom is 0.197 e. The molecule has 0 amide bonds. The van der Waals surface area contributed by atoms with Crippen molar-refractivity contribution in [1.82, 2.24) is 0 Å². The molecule has 3 aromatic carbocycles. The van der Waals surface area contributed by atoms with Crippen molar-refractivity contribution >= 4 is 56.8 Å². The minimum atomic E-state index is -0.280. The van der Waals surface area contributed by atoms with E-state index in [1.54, 1.807) is 60.7 Å². The first-order chi connectivity index (χ1) is 13.9. The molecular formula is C23H13BrCl2O3. The number of ether oxygens (including phenoxy) is 1. The van der Waals surface area contributed by atoms with Gasteiger partial charge in [0.15, 0.2) is 11.6 Å². The van der Waals surface area contributed by atoms with Gasteiger partial charge in [0.25, 0.3) is 0 Å². The number of fused-ring (bicyclic) bond motifs is 1. The fourth-order valence-corrected chi connectivity index (χ4v) is 3.96. The van der Waals surface area contributed by atoms with Crippen molar-refractivity contribution in [1.29, 1.82) is 0 Å². The number of carbonyl (C=O) groups is 2. The minimum Gasteiger partial charge on any atom is -0.488 e. The Labute approximate surface area is 186 Å². The normalized spacial score (nSPS) is 12.9. The number of Topliss-reactive ketones (excluding diaryl/α,β-unsaturated/α-hetero) is 2. The summed E-state index contributed by atoms with van der Waals surface area (Å²) in [5, 5.41) is 1.05. The summed E-state index contributed by atoms with van der Waals surface area (Å²) in [7, 11) is 0. The Morgan fingerprint density at radius 3 is 2.24 bits per heavy atom. The Balaban J connectivity index is 1.67. The smallest absolute Gasteiger partial charge is 0.197 e. The number of halogens is 3. The zero-order chi connectivity index (χ0) is 20.5. The molecule has 0 saturated carbocycles. The number of benzene rings is 3. The second-order valence-electron chi connectivity index (χ2n) is 6.47. The van der Waals surface area contributed by atoms with Crippen molar-refractivity contribution in [2.24, 2.45) is 0 Å². The summed E-state index contributed by atoms with van der Waals surface area (Å²) in [5.41, 5.74) is 2.37. The summed E-state index contributed by atoms with van der Waals surface area (Å²) in [5.74, 6) is -0.0298. The summed E-state index contributed by atoms with van der Waals surface area (Å²) >= 11 is 15.6. The van der Waals surface area contributed by atoms with Gasteiger partial charge in [-0.3, -0.25) is 9.59 Å². The molecule has 3 nitrogen and oxygen atoms in total. The molecule has 3 aromatic rings. The van der Waals surface area contributed by atoms with Crippen LogP contribution < -0.4 is 4.74 Å². The van der Waals surface area contributed by atoms with Crippen molar-refractivity contribution in [2.75, 3.05) is 0 Å². The van der Waals surface area contributed by atoms with Gasteiger partial charge in [-0.25, -0.2) is 0 Å². The maximum atomic E-state index is 12.7. The third-order valence-electron chi connectivity index (χ3n) is 4.58. The van der Waals surface area contributed by atoms with E-state index in [9.17, 15) is 9.59 Å². The highest BCUT2D eigenvalue weighted by Gasteiger charge is 2.32. The molecule has 0 N–H and O–H groups in total. The average molecular weight is 488 g/mol. The van der Waals surface area contributed by atoms with Gasteiger partial charge in [-0.1, -0.05) is 69.5 Å². The molecule has 1 aliphatic carbocycles. The number of rotatable bonds is 4. The van der Waals surface area contributed by atoms with Crippen molar-refractivity contribution < 1.29 is 14.3 Å². The molecule has 0 saturated heterocycles. The number of allylic oxidation sites excluding steroid dienone is 1. The monoisotopic (exact) mass is 486 g/mol. The van der Waals surface area contributed by atoms with Crippen LogP contribution in [0.2, 0.25) is 10.0 Å². The van der Waals surface area contributed by atoms with Crippen LogP contribution in [0.25, 0.3) is 6.08 Å². The molecule has 0 aromatic heterocycles. The molecule has 144 valence electrons. The number of carbonyl (C=O) groups excluding carboxylic acids is 2. The molecule has 0 fully saturated rings. The summed E-state index contributed by atoms with van der Waals surface area (Å²) in [6, 6.07) is 17.4. The molecule has 1 aliphatic rings. The molecule has 6 heteroatoms. The quantitative estimate of drug-likeness (QED) is 0.300. The lowest BCUT2D eigenvalue weighted by atomic mass is 10.1. The van der Waals surface area contributed by atoms with E-state index in [-0.39, 0.29) is 23.7 Å². The van der Waals surface area contributed by atoms with Crippen LogP contribution in [-0.4, -0.2) is 11.6 Å². The van der Waals surface area contributed by atoms with Crippen LogP contribution in [0, 0.1) is 0 Å². The molecule has 0 bridgehead atoms. The van der Waals surface area contributed by atoms with Gasteiger partial charge in [0.05, 0.1) is 5.57 Å². The van der Waals surface area contributed by atoms with E-state index in [2.05, 4.69) is 15.9 Å². The van der Waals surface area contributed by atoms with Gasteiger partial charge in [-0.15, -0.1) is 0 Å². The van der Waals surface area contributed by atoms with Crippen LogP contribution in [0.15, 0.2) is 70.7 Å². The fraction of sp³-hybridized carbons (Fsp3) is 0.0435. The van der Waals surface area contributed by atoms with E-state index in [0.717, 1.165) is 10.0 Å². The van der Waals surface area contributed by atoms with Gasteiger partial charge in [0, 0.05) is 36.8 Å². The SMILES string of the molecule is O=C1C(=Cc2cc(Br)ccc2OCc2ccc(Cl)cc2Cl)C(=O)c2ccccc21. The second-order valence-corrected chi connectivity index (χ2v) is 8.23.